The van der Waals surface area contributed by atoms with Crippen molar-refractivity contribution >= 4 is 11.6 Å². The maximum Gasteiger partial charge on any atom is 0.124 e. The predicted octanol–water partition coefficient (Wildman–Crippen LogP) is 3.04. The van der Waals surface area contributed by atoms with Crippen LogP contribution in [-0.2, 0) is 6.42 Å². The second kappa shape index (κ2) is 4.76. The Morgan fingerprint density at radius 2 is 2.07 bits per heavy atom. The van der Waals surface area contributed by atoms with Crippen molar-refractivity contribution in [2.45, 2.75) is 26.4 Å². The fourth-order valence-electron chi connectivity index (χ4n) is 1.20. The number of benzene rings is 1. The Kier molecular flexibility index (Phi) is 3.90. The second-order valence-electron chi connectivity index (χ2n) is 3.66. The molecule has 0 fully saturated rings. The fraction of sp³-hybridized carbons (Fsp3) is 0.455. The SMILES string of the molecule is CC(O)C(C)Cc1ccc(F)cc1Cl. The molecule has 1 rings (SSSR count). The summed E-state index contributed by atoms with van der Waals surface area (Å²) in [6.45, 7) is 3.67. The van der Waals surface area contributed by atoms with E-state index in [2.05, 4.69) is 0 Å². The van der Waals surface area contributed by atoms with Gasteiger partial charge in [0.1, 0.15) is 5.82 Å². The van der Waals surface area contributed by atoms with E-state index in [1.165, 1.54) is 12.1 Å². The van der Waals surface area contributed by atoms with Crippen LogP contribution >= 0.6 is 11.6 Å². The fourth-order valence-corrected chi connectivity index (χ4v) is 1.45. The number of aliphatic hydroxyl groups is 1. The molecule has 2 atom stereocenters. The third-order valence-corrected chi connectivity index (χ3v) is 2.73. The van der Waals surface area contributed by atoms with Gasteiger partial charge in [-0.15, -0.1) is 0 Å². The Morgan fingerprint density at radius 3 is 2.57 bits per heavy atom. The standard InChI is InChI=1S/C11H14ClFO/c1-7(8(2)14)5-9-3-4-10(13)6-11(9)12/h3-4,6-8,14H,5H2,1-2H3. The zero-order chi connectivity index (χ0) is 10.7. The maximum absolute atomic E-state index is 12.7. The van der Waals surface area contributed by atoms with Gasteiger partial charge in [-0.2, -0.15) is 0 Å². The van der Waals surface area contributed by atoms with Crippen LogP contribution in [0.4, 0.5) is 4.39 Å². The average Bonchev–Trinajstić information content (AvgIpc) is 2.09. The molecule has 0 heterocycles. The summed E-state index contributed by atoms with van der Waals surface area (Å²) < 4.78 is 12.7. The van der Waals surface area contributed by atoms with E-state index < -0.39 is 0 Å². The molecule has 1 nitrogen and oxygen atoms in total. The van der Waals surface area contributed by atoms with Gasteiger partial charge in [0.15, 0.2) is 0 Å². The van der Waals surface area contributed by atoms with Crippen molar-refractivity contribution in [1.29, 1.82) is 0 Å². The zero-order valence-electron chi connectivity index (χ0n) is 8.30. The summed E-state index contributed by atoms with van der Waals surface area (Å²) in [7, 11) is 0. The lowest BCUT2D eigenvalue weighted by Crippen LogP contribution is -2.15. The molecule has 3 heteroatoms. The molecule has 1 aromatic carbocycles. The smallest absolute Gasteiger partial charge is 0.124 e. The quantitative estimate of drug-likeness (QED) is 0.824. The van der Waals surface area contributed by atoms with Crippen LogP contribution in [0.3, 0.4) is 0 Å². The van der Waals surface area contributed by atoms with E-state index in [4.69, 9.17) is 11.6 Å². The summed E-state index contributed by atoms with van der Waals surface area (Å²) in [6, 6.07) is 4.35. The van der Waals surface area contributed by atoms with Crippen LogP contribution in [0.2, 0.25) is 5.02 Å². The van der Waals surface area contributed by atoms with Gasteiger partial charge in [-0.3, -0.25) is 0 Å². The van der Waals surface area contributed by atoms with Crippen molar-refractivity contribution in [3.8, 4) is 0 Å². The van der Waals surface area contributed by atoms with Crippen molar-refractivity contribution in [1.82, 2.24) is 0 Å². The van der Waals surface area contributed by atoms with Gasteiger partial charge in [-0.05, 0) is 37.0 Å². The lowest BCUT2D eigenvalue weighted by atomic mass is 9.97. The summed E-state index contributed by atoms with van der Waals surface area (Å²) >= 11 is 5.86. The van der Waals surface area contributed by atoms with Gasteiger partial charge in [0.2, 0.25) is 0 Å². The zero-order valence-corrected chi connectivity index (χ0v) is 9.05. The molecule has 0 aliphatic heterocycles. The topological polar surface area (TPSA) is 20.2 Å². The van der Waals surface area contributed by atoms with Crippen LogP contribution in [-0.4, -0.2) is 11.2 Å². The predicted molar refractivity (Wildman–Crippen MR) is 56.0 cm³/mol. The third-order valence-electron chi connectivity index (χ3n) is 2.38. The largest absolute Gasteiger partial charge is 0.393 e. The molecule has 1 N–H and O–H groups in total. The molecule has 0 bridgehead atoms. The number of rotatable bonds is 3. The minimum Gasteiger partial charge on any atom is -0.393 e. The van der Waals surface area contributed by atoms with Crippen molar-refractivity contribution in [2.75, 3.05) is 0 Å². The summed E-state index contributed by atoms with van der Waals surface area (Å²) in [4.78, 5) is 0. The molecular weight excluding hydrogens is 203 g/mol. The van der Waals surface area contributed by atoms with Gasteiger partial charge in [0.25, 0.3) is 0 Å². The molecule has 14 heavy (non-hydrogen) atoms. The Bertz CT molecular complexity index is 312. The molecule has 0 aliphatic rings. The molecule has 0 amide bonds. The molecule has 0 aromatic heterocycles. The highest BCUT2D eigenvalue weighted by molar-refractivity contribution is 6.31. The molecular formula is C11H14ClFO. The van der Waals surface area contributed by atoms with E-state index in [9.17, 15) is 9.50 Å². The lowest BCUT2D eigenvalue weighted by molar-refractivity contribution is 0.135. The molecule has 2 unspecified atom stereocenters. The van der Waals surface area contributed by atoms with Crippen molar-refractivity contribution in [3.05, 3.63) is 34.6 Å². The van der Waals surface area contributed by atoms with E-state index in [0.29, 0.717) is 11.4 Å². The van der Waals surface area contributed by atoms with E-state index in [1.807, 2.05) is 6.92 Å². The highest BCUT2D eigenvalue weighted by Crippen LogP contribution is 2.21. The second-order valence-corrected chi connectivity index (χ2v) is 4.06. The van der Waals surface area contributed by atoms with Crippen LogP contribution in [0.15, 0.2) is 18.2 Å². The van der Waals surface area contributed by atoms with Crippen LogP contribution in [0.25, 0.3) is 0 Å². The first-order valence-electron chi connectivity index (χ1n) is 4.62. The average molecular weight is 217 g/mol. The lowest BCUT2D eigenvalue weighted by Gasteiger charge is -2.15. The van der Waals surface area contributed by atoms with Gasteiger partial charge in [-0.1, -0.05) is 24.6 Å². The van der Waals surface area contributed by atoms with E-state index in [1.54, 1.807) is 13.0 Å². The first-order valence-corrected chi connectivity index (χ1v) is 5.00. The molecule has 78 valence electrons. The molecule has 0 aliphatic carbocycles. The van der Waals surface area contributed by atoms with Crippen LogP contribution in [0, 0.1) is 11.7 Å². The van der Waals surface area contributed by atoms with Gasteiger partial charge in [-0.25, -0.2) is 4.39 Å². The minimum absolute atomic E-state index is 0.123. The Balaban J connectivity index is 2.77. The summed E-state index contributed by atoms with van der Waals surface area (Å²) in [6.07, 6.45) is 0.285. The number of halogens is 2. The summed E-state index contributed by atoms with van der Waals surface area (Å²) in [5.74, 6) is -0.207. The summed E-state index contributed by atoms with van der Waals surface area (Å²) in [5, 5.41) is 9.74. The van der Waals surface area contributed by atoms with Crippen molar-refractivity contribution < 1.29 is 9.50 Å². The summed E-state index contributed by atoms with van der Waals surface area (Å²) in [5.41, 5.74) is 0.876. The number of hydrogen-bond donors (Lipinski definition) is 1. The van der Waals surface area contributed by atoms with Gasteiger partial charge in [0, 0.05) is 5.02 Å². The highest BCUT2D eigenvalue weighted by atomic mass is 35.5. The molecule has 0 spiro atoms. The van der Waals surface area contributed by atoms with Gasteiger partial charge >= 0.3 is 0 Å². The van der Waals surface area contributed by atoms with Gasteiger partial charge in [0.05, 0.1) is 6.10 Å². The maximum atomic E-state index is 12.7. The van der Waals surface area contributed by atoms with E-state index in [-0.39, 0.29) is 17.8 Å². The van der Waals surface area contributed by atoms with E-state index >= 15 is 0 Å². The first kappa shape index (κ1) is 11.5. The molecule has 0 saturated heterocycles. The number of hydrogen-bond acceptors (Lipinski definition) is 1. The van der Waals surface area contributed by atoms with E-state index in [0.717, 1.165) is 5.56 Å². The highest BCUT2D eigenvalue weighted by Gasteiger charge is 2.11. The third kappa shape index (κ3) is 2.96. The normalized spacial score (nSPS) is 15.2. The molecule has 0 saturated carbocycles. The van der Waals surface area contributed by atoms with Crippen LogP contribution in [0.1, 0.15) is 19.4 Å². The molecule has 1 aromatic rings. The number of aliphatic hydroxyl groups excluding tert-OH is 1. The Hall–Kier alpha value is -0.600. The monoisotopic (exact) mass is 216 g/mol. The Labute approximate surface area is 88.5 Å². The first-order chi connectivity index (χ1) is 6.50. The van der Waals surface area contributed by atoms with Crippen LogP contribution < -0.4 is 0 Å². The van der Waals surface area contributed by atoms with Crippen LogP contribution in [0.5, 0.6) is 0 Å². The van der Waals surface area contributed by atoms with Gasteiger partial charge < -0.3 is 5.11 Å². The molecule has 0 radical (unpaired) electrons. The Morgan fingerprint density at radius 1 is 1.43 bits per heavy atom. The minimum atomic E-state index is -0.379. The van der Waals surface area contributed by atoms with Crippen molar-refractivity contribution in [2.24, 2.45) is 5.92 Å². The van der Waals surface area contributed by atoms with Crippen molar-refractivity contribution in [3.63, 3.8) is 0 Å².